The molecule has 0 saturated heterocycles. The number of thioether (sulfide) groups is 1. The van der Waals surface area contributed by atoms with Crippen molar-refractivity contribution in [3.05, 3.63) is 86.6 Å². The number of amides is 1. The highest BCUT2D eigenvalue weighted by Gasteiger charge is 2.43. The van der Waals surface area contributed by atoms with E-state index in [-0.39, 0.29) is 22.6 Å². The zero-order valence-corrected chi connectivity index (χ0v) is 22.9. The second-order valence-corrected chi connectivity index (χ2v) is 11.8. The maximum absolute atomic E-state index is 14.2. The quantitative estimate of drug-likeness (QED) is 0.205. The van der Waals surface area contributed by atoms with Crippen molar-refractivity contribution in [3.63, 3.8) is 0 Å². The summed E-state index contributed by atoms with van der Waals surface area (Å²) in [5.74, 6) is 0.0184. The molecule has 0 atom stereocenters. The molecule has 0 bridgehead atoms. The van der Waals surface area contributed by atoms with Gasteiger partial charge in [-0.1, -0.05) is 83.4 Å². The molecular formula is C29H30BrN3O2S. The van der Waals surface area contributed by atoms with E-state index in [1.54, 1.807) is 4.57 Å². The van der Waals surface area contributed by atoms with Crippen LogP contribution in [0, 0.1) is 0 Å². The van der Waals surface area contributed by atoms with Crippen LogP contribution in [0.2, 0.25) is 0 Å². The zero-order valence-electron chi connectivity index (χ0n) is 20.5. The Bertz CT molecular complexity index is 1370. The lowest BCUT2D eigenvalue weighted by Crippen LogP contribution is -2.43. The number of aromatic nitrogens is 2. The third kappa shape index (κ3) is 4.96. The Morgan fingerprint density at radius 3 is 2.58 bits per heavy atom. The lowest BCUT2D eigenvalue weighted by molar-refractivity contribution is -0.113. The van der Waals surface area contributed by atoms with Crippen LogP contribution in [0.15, 0.2) is 75.1 Å². The molecule has 0 aliphatic heterocycles. The number of halogens is 1. The first kappa shape index (κ1) is 25.0. The molecule has 7 heteroatoms. The van der Waals surface area contributed by atoms with Crippen molar-refractivity contribution >= 4 is 39.3 Å². The highest BCUT2D eigenvalue weighted by atomic mass is 79.9. The summed E-state index contributed by atoms with van der Waals surface area (Å²) >= 11 is 4.72. The number of anilines is 1. The number of rotatable bonds is 6. The Kier molecular flexibility index (Phi) is 7.22. The predicted octanol–water partition coefficient (Wildman–Crippen LogP) is 6.74. The molecule has 2 aliphatic rings. The van der Waals surface area contributed by atoms with Crippen LogP contribution in [0.5, 0.6) is 0 Å². The average Bonchev–Trinajstić information content (AvgIpc) is 2.86. The molecule has 1 spiro atoms. The van der Waals surface area contributed by atoms with Crippen molar-refractivity contribution in [3.8, 4) is 11.3 Å². The van der Waals surface area contributed by atoms with Gasteiger partial charge in [0.15, 0.2) is 5.16 Å². The minimum absolute atomic E-state index is 0.0234. The molecule has 1 saturated carbocycles. The van der Waals surface area contributed by atoms with E-state index in [4.69, 9.17) is 4.98 Å². The third-order valence-electron chi connectivity index (χ3n) is 7.16. The van der Waals surface area contributed by atoms with Crippen LogP contribution in [-0.4, -0.2) is 21.2 Å². The van der Waals surface area contributed by atoms with E-state index >= 15 is 0 Å². The normalized spacial score (nSPS) is 15.7. The number of fused-ring (bicyclic) bond motifs is 4. The number of benzene rings is 2. The van der Waals surface area contributed by atoms with Crippen molar-refractivity contribution in [2.75, 3.05) is 11.1 Å². The topological polar surface area (TPSA) is 64.0 Å². The van der Waals surface area contributed by atoms with E-state index in [1.807, 2.05) is 37.3 Å². The first-order chi connectivity index (χ1) is 17.4. The molecule has 3 aromatic rings. The first-order valence-electron chi connectivity index (χ1n) is 12.4. The van der Waals surface area contributed by atoms with E-state index in [0.29, 0.717) is 11.7 Å². The SMILES string of the molecule is C=C(C)Cn1c(SCC(=O)Nc2ccc(Br)cc2)nc2c(c1=O)C1(CCCCC1)Cc1ccccc1-2. The van der Waals surface area contributed by atoms with Crippen LogP contribution >= 0.6 is 27.7 Å². The fourth-order valence-corrected chi connectivity index (χ4v) is 6.66. The Morgan fingerprint density at radius 1 is 1.14 bits per heavy atom. The smallest absolute Gasteiger partial charge is 0.258 e. The number of carbonyl (C=O) groups is 1. The molecule has 36 heavy (non-hydrogen) atoms. The molecule has 0 unspecified atom stereocenters. The average molecular weight is 565 g/mol. The van der Waals surface area contributed by atoms with Gasteiger partial charge in [-0.05, 0) is 56.0 Å². The van der Waals surface area contributed by atoms with Crippen molar-refractivity contribution in [2.24, 2.45) is 0 Å². The standard InChI is InChI=1S/C29H30BrN3O2S/c1-19(2)17-33-27(35)25-26(23-9-5-4-8-20(23)16-29(25)14-6-3-7-15-29)32-28(33)36-18-24(34)31-22-12-10-21(30)11-13-22/h4-5,8-13H,1,3,6-7,14-18H2,2H3,(H,31,34). The van der Waals surface area contributed by atoms with E-state index in [2.05, 4.69) is 46.0 Å². The lowest BCUT2D eigenvalue weighted by atomic mass is 9.62. The Balaban J connectivity index is 1.54. The number of hydrogen-bond donors (Lipinski definition) is 1. The van der Waals surface area contributed by atoms with Gasteiger partial charge in [0, 0.05) is 27.7 Å². The van der Waals surface area contributed by atoms with Crippen molar-refractivity contribution in [2.45, 2.75) is 62.6 Å². The summed E-state index contributed by atoms with van der Waals surface area (Å²) in [5, 5.41) is 3.49. The van der Waals surface area contributed by atoms with E-state index in [0.717, 1.165) is 64.7 Å². The monoisotopic (exact) mass is 563 g/mol. The van der Waals surface area contributed by atoms with Crippen LogP contribution < -0.4 is 10.9 Å². The fourth-order valence-electron chi connectivity index (χ4n) is 5.60. The summed E-state index contributed by atoms with van der Waals surface area (Å²) in [6.07, 6.45) is 6.40. The van der Waals surface area contributed by atoms with Crippen molar-refractivity contribution < 1.29 is 4.79 Å². The molecule has 2 aliphatic carbocycles. The predicted molar refractivity (Wildman–Crippen MR) is 151 cm³/mol. The molecule has 1 aromatic heterocycles. The van der Waals surface area contributed by atoms with Crippen LogP contribution in [0.1, 0.15) is 50.2 Å². The molecule has 2 aromatic carbocycles. The van der Waals surface area contributed by atoms with Crippen molar-refractivity contribution in [1.29, 1.82) is 0 Å². The van der Waals surface area contributed by atoms with E-state index < -0.39 is 0 Å². The number of hydrogen-bond acceptors (Lipinski definition) is 4. The van der Waals surface area contributed by atoms with Crippen LogP contribution in [-0.2, 0) is 23.2 Å². The summed E-state index contributed by atoms with van der Waals surface area (Å²) in [6.45, 7) is 6.38. The Labute approximate surface area is 224 Å². The molecule has 0 radical (unpaired) electrons. The molecule has 1 N–H and O–H groups in total. The molecular weight excluding hydrogens is 534 g/mol. The molecule has 1 fully saturated rings. The summed E-state index contributed by atoms with van der Waals surface area (Å²) in [4.78, 5) is 32.0. The van der Waals surface area contributed by atoms with Crippen LogP contribution in [0.4, 0.5) is 5.69 Å². The minimum Gasteiger partial charge on any atom is -0.325 e. The molecule has 5 nitrogen and oxygen atoms in total. The van der Waals surface area contributed by atoms with Crippen LogP contribution in [0.25, 0.3) is 11.3 Å². The highest BCUT2D eigenvalue weighted by Crippen LogP contribution is 2.48. The molecule has 1 amide bonds. The molecule has 186 valence electrons. The number of allylic oxidation sites excluding steroid dienone is 1. The fraction of sp³-hybridized carbons (Fsp3) is 0.345. The maximum atomic E-state index is 14.2. The van der Waals surface area contributed by atoms with E-state index in [1.165, 1.54) is 23.7 Å². The first-order valence-corrected chi connectivity index (χ1v) is 14.2. The largest absolute Gasteiger partial charge is 0.325 e. The van der Waals surface area contributed by atoms with Gasteiger partial charge in [0.1, 0.15) is 0 Å². The minimum atomic E-state index is -0.162. The number of carbonyl (C=O) groups excluding carboxylic acids is 1. The van der Waals surface area contributed by atoms with Gasteiger partial charge in [-0.3, -0.25) is 14.2 Å². The van der Waals surface area contributed by atoms with Gasteiger partial charge in [-0.15, -0.1) is 0 Å². The Morgan fingerprint density at radius 2 is 1.86 bits per heavy atom. The van der Waals surface area contributed by atoms with Gasteiger partial charge in [-0.2, -0.15) is 0 Å². The van der Waals surface area contributed by atoms with E-state index in [9.17, 15) is 9.59 Å². The molecule has 1 heterocycles. The van der Waals surface area contributed by atoms with Gasteiger partial charge in [0.2, 0.25) is 5.91 Å². The van der Waals surface area contributed by atoms with Gasteiger partial charge >= 0.3 is 0 Å². The van der Waals surface area contributed by atoms with Crippen molar-refractivity contribution in [1.82, 2.24) is 9.55 Å². The second kappa shape index (κ2) is 10.4. The van der Waals surface area contributed by atoms with Crippen LogP contribution in [0.3, 0.4) is 0 Å². The number of nitrogens with zero attached hydrogens (tertiary/aromatic N) is 2. The Hall–Kier alpha value is -2.64. The van der Waals surface area contributed by atoms with Gasteiger partial charge < -0.3 is 5.32 Å². The number of nitrogens with one attached hydrogen (secondary N) is 1. The zero-order chi connectivity index (χ0) is 25.3. The second-order valence-electron chi connectivity index (χ2n) is 9.99. The molecule has 5 rings (SSSR count). The summed E-state index contributed by atoms with van der Waals surface area (Å²) in [7, 11) is 0. The summed E-state index contributed by atoms with van der Waals surface area (Å²) in [5.41, 5.74) is 5.46. The lowest BCUT2D eigenvalue weighted by Gasteiger charge is -2.42. The summed E-state index contributed by atoms with van der Waals surface area (Å²) in [6, 6.07) is 15.8. The summed E-state index contributed by atoms with van der Waals surface area (Å²) < 4.78 is 2.69. The highest BCUT2D eigenvalue weighted by molar-refractivity contribution is 9.10. The maximum Gasteiger partial charge on any atom is 0.258 e. The van der Waals surface area contributed by atoms with Gasteiger partial charge in [0.05, 0.1) is 17.0 Å². The third-order valence-corrected chi connectivity index (χ3v) is 8.67. The van der Waals surface area contributed by atoms with Gasteiger partial charge in [-0.25, -0.2) is 4.98 Å². The van der Waals surface area contributed by atoms with Gasteiger partial charge in [0.25, 0.3) is 5.56 Å².